The van der Waals surface area contributed by atoms with E-state index in [1.807, 2.05) is 6.07 Å². The number of aryl methyl sites for hydroxylation is 1. The predicted octanol–water partition coefficient (Wildman–Crippen LogP) is 2.78. The lowest BCUT2D eigenvalue weighted by Crippen LogP contribution is -2.47. The molecule has 5 nitrogen and oxygen atoms in total. The van der Waals surface area contributed by atoms with Gasteiger partial charge in [-0.2, -0.15) is 0 Å². The van der Waals surface area contributed by atoms with Crippen LogP contribution >= 0.6 is 11.6 Å². The molecule has 1 saturated heterocycles. The number of carbonyl (C=O) groups is 1. The van der Waals surface area contributed by atoms with Gasteiger partial charge in [0.2, 0.25) is 0 Å². The summed E-state index contributed by atoms with van der Waals surface area (Å²) in [5, 5.41) is 9.73. The first-order chi connectivity index (χ1) is 8.90. The summed E-state index contributed by atoms with van der Waals surface area (Å²) in [4.78, 5) is 16.7. The Morgan fingerprint density at radius 3 is 2.95 bits per heavy atom. The van der Waals surface area contributed by atoms with E-state index in [9.17, 15) is 9.90 Å². The van der Waals surface area contributed by atoms with Crippen molar-refractivity contribution in [1.82, 2.24) is 9.88 Å². The van der Waals surface area contributed by atoms with Gasteiger partial charge in [0.05, 0.1) is 12.6 Å². The fourth-order valence-electron chi connectivity index (χ4n) is 2.37. The highest BCUT2D eigenvalue weighted by atomic mass is 35.5. The molecule has 1 aromatic rings. The summed E-state index contributed by atoms with van der Waals surface area (Å²) >= 11 is 5.72. The van der Waals surface area contributed by atoms with Crippen LogP contribution in [0.1, 0.15) is 25.8 Å². The minimum Gasteiger partial charge on any atom is -0.465 e. The summed E-state index contributed by atoms with van der Waals surface area (Å²) in [7, 11) is 0. The fourth-order valence-corrected chi connectivity index (χ4v) is 2.48. The zero-order valence-corrected chi connectivity index (χ0v) is 11.7. The number of aromatic nitrogens is 1. The van der Waals surface area contributed by atoms with Crippen molar-refractivity contribution < 1.29 is 14.6 Å². The minimum absolute atomic E-state index is 0.122. The van der Waals surface area contributed by atoms with Crippen molar-refractivity contribution in [2.75, 3.05) is 6.61 Å². The monoisotopic (exact) mass is 284 g/mol. The maximum absolute atomic E-state index is 11.3. The fraction of sp³-hybridized carbons (Fsp3) is 0.538. The lowest BCUT2D eigenvalue weighted by Gasteiger charge is -2.30. The van der Waals surface area contributed by atoms with Crippen molar-refractivity contribution in [3.63, 3.8) is 0 Å². The number of nitrogens with zero attached hydrogens (tertiary/aromatic N) is 2. The van der Waals surface area contributed by atoms with Crippen LogP contribution in [0.25, 0.3) is 0 Å². The smallest absolute Gasteiger partial charge is 0.409 e. The highest BCUT2D eigenvalue weighted by Crippen LogP contribution is 2.29. The Labute approximate surface area is 117 Å². The summed E-state index contributed by atoms with van der Waals surface area (Å²) < 4.78 is 5.54. The molecule has 1 amide bonds. The second-order valence-electron chi connectivity index (χ2n) is 5.09. The number of rotatable bonds is 3. The van der Waals surface area contributed by atoms with Gasteiger partial charge in [-0.25, -0.2) is 9.78 Å². The molecular formula is C13H17ClN2O3. The zero-order valence-electron chi connectivity index (χ0n) is 11.0. The Kier molecular flexibility index (Phi) is 3.96. The second-order valence-corrected chi connectivity index (χ2v) is 5.48. The van der Waals surface area contributed by atoms with Gasteiger partial charge in [0, 0.05) is 6.20 Å². The van der Waals surface area contributed by atoms with Crippen molar-refractivity contribution in [3.8, 4) is 0 Å². The van der Waals surface area contributed by atoms with E-state index < -0.39 is 11.8 Å². The molecule has 0 aromatic carbocycles. The number of ether oxygens (including phenoxy) is 1. The number of hydrogen-bond acceptors (Lipinski definition) is 3. The number of hydrogen-bond donors (Lipinski definition) is 1. The van der Waals surface area contributed by atoms with E-state index in [0.29, 0.717) is 18.2 Å². The maximum Gasteiger partial charge on any atom is 0.409 e. The summed E-state index contributed by atoms with van der Waals surface area (Å²) in [6.07, 6.45) is 2.23. The van der Waals surface area contributed by atoms with Crippen molar-refractivity contribution in [2.45, 2.75) is 38.5 Å². The molecule has 0 spiro atoms. The maximum atomic E-state index is 11.3. The highest BCUT2D eigenvalue weighted by molar-refractivity contribution is 6.29. The molecule has 2 heterocycles. The van der Waals surface area contributed by atoms with Gasteiger partial charge in [-0.15, -0.1) is 0 Å². The summed E-state index contributed by atoms with van der Waals surface area (Å²) in [6.45, 7) is 3.97. The molecule has 0 bridgehead atoms. The van der Waals surface area contributed by atoms with Gasteiger partial charge in [0.1, 0.15) is 10.9 Å². The Bertz CT molecular complexity index is 461. The van der Waals surface area contributed by atoms with Crippen LogP contribution < -0.4 is 0 Å². The van der Waals surface area contributed by atoms with E-state index >= 15 is 0 Å². The van der Waals surface area contributed by atoms with Crippen LogP contribution in [0.4, 0.5) is 4.79 Å². The summed E-state index contributed by atoms with van der Waals surface area (Å²) in [5.41, 5.74) is 0.286. The molecule has 1 atom stereocenters. The van der Waals surface area contributed by atoms with E-state index in [1.165, 1.54) is 4.90 Å². The Morgan fingerprint density at radius 1 is 1.63 bits per heavy atom. The Morgan fingerprint density at radius 2 is 2.37 bits per heavy atom. The highest BCUT2D eigenvalue weighted by Gasteiger charge is 2.43. The number of amides is 1. The third kappa shape index (κ3) is 3.16. The topological polar surface area (TPSA) is 62.7 Å². The average molecular weight is 285 g/mol. The van der Waals surface area contributed by atoms with Crippen molar-refractivity contribution >= 4 is 17.7 Å². The molecule has 1 aromatic heterocycles. The Balaban J connectivity index is 1.99. The third-order valence-electron chi connectivity index (χ3n) is 3.34. The molecule has 19 heavy (non-hydrogen) atoms. The van der Waals surface area contributed by atoms with Gasteiger partial charge >= 0.3 is 6.09 Å². The molecule has 6 heteroatoms. The third-order valence-corrected chi connectivity index (χ3v) is 3.56. The first-order valence-electron chi connectivity index (χ1n) is 6.17. The van der Waals surface area contributed by atoms with Gasteiger partial charge < -0.3 is 9.84 Å². The standard InChI is InChI=1S/C13H17ClN2O3/c1-13(2)16(12(17)18)10(8-19-13)5-3-9-4-6-11(14)15-7-9/h4,6-7,10H,3,5,8H2,1-2H3,(H,17,18)/t10-/m0/s1. The largest absolute Gasteiger partial charge is 0.465 e. The van der Waals surface area contributed by atoms with Crippen molar-refractivity contribution in [3.05, 3.63) is 29.0 Å². The van der Waals surface area contributed by atoms with Crippen molar-refractivity contribution in [1.29, 1.82) is 0 Å². The zero-order chi connectivity index (χ0) is 14.0. The van der Waals surface area contributed by atoms with Crippen LogP contribution in [0.5, 0.6) is 0 Å². The summed E-state index contributed by atoms with van der Waals surface area (Å²) in [5.74, 6) is 0. The lowest BCUT2D eigenvalue weighted by molar-refractivity contribution is -0.0421. The first-order valence-corrected chi connectivity index (χ1v) is 6.54. The molecule has 0 unspecified atom stereocenters. The quantitative estimate of drug-likeness (QED) is 0.867. The molecule has 1 aliphatic heterocycles. The average Bonchev–Trinajstić information content (AvgIpc) is 2.64. The predicted molar refractivity (Wildman–Crippen MR) is 71.3 cm³/mol. The van der Waals surface area contributed by atoms with Gasteiger partial charge in [0.15, 0.2) is 0 Å². The molecular weight excluding hydrogens is 268 g/mol. The molecule has 104 valence electrons. The van der Waals surface area contributed by atoms with Crippen LogP contribution in [0.3, 0.4) is 0 Å². The summed E-state index contributed by atoms with van der Waals surface area (Å²) in [6, 6.07) is 3.52. The molecule has 0 radical (unpaired) electrons. The van der Waals surface area contributed by atoms with E-state index in [1.54, 1.807) is 26.1 Å². The van der Waals surface area contributed by atoms with Crippen LogP contribution in [-0.4, -0.2) is 39.5 Å². The molecule has 2 rings (SSSR count). The van der Waals surface area contributed by atoms with E-state index in [-0.39, 0.29) is 6.04 Å². The molecule has 1 fully saturated rings. The van der Waals surface area contributed by atoms with Crippen LogP contribution in [0, 0.1) is 0 Å². The van der Waals surface area contributed by atoms with Crippen molar-refractivity contribution in [2.24, 2.45) is 0 Å². The molecule has 1 N–H and O–H groups in total. The molecule has 1 aliphatic rings. The van der Waals surface area contributed by atoms with E-state index in [0.717, 1.165) is 12.0 Å². The van der Waals surface area contributed by atoms with Crippen LogP contribution in [-0.2, 0) is 11.2 Å². The first kappa shape index (κ1) is 14.1. The van der Waals surface area contributed by atoms with E-state index in [4.69, 9.17) is 16.3 Å². The number of pyridine rings is 1. The lowest BCUT2D eigenvalue weighted by atomic mass is 10.1. The molecule has 0 saturated carbocycles. The van der Waals surface area contributed by atoms with Gasteiger partial charge in [0.25, 0.3) is 0 Å². The molecule has 0 aliphatic carbocycles. The van der Waals surface area contributed by atoms with Gasteiger partial charge in [-0.1, -0.05) is 17.7 Å². The van der Waals surface area contributed by atoms with E-state index in [2.05, 4.69) is 4.98 Å². The Hall–Kier alpha value is -1.33. The number of halogens is 1. The normalized spacial score (nSPS) is 21.6. The van der Waals surface area contributed by atoms with Crippen LogP contribution in [0.15, 0.2) is 18.3 Å². The second kappa shape index (κ2) is 5.35. The van der Waals surface area contributed by atoms with Gasteiger partial charge in [-0.05, 0) is 38.3 Å². The number of carboxylic acid groups (broad SMARTS) is 1. The van der Waals surface area contributed by atoms with Crippen LogP contribution in [0.2, 0.25) is 5.15 Å². The van der Waals surface area contributed by atoms with Gasteiger partial charge in [-0.3, -0.25) is 4.90 Å². The SMILES string of the molecule is CC1(C)OC[C@H](CCc2ccc(Cl)nc2)N1C(=O)O. The minimum atomic E-state index is -0.943.